The maximum Gasteiger partial charge on any atom is 0.228 e. The minimum absolute atomic E-state index is 0.0334. The number of imide groups is 1. The SMILES string of the molecule is CC.CCC(=O)N(CC1CCC(C(N)=O)CC1)C(C)=O. The Morgan fingerprint density at radius 3 is 1.95 bits per heavy atom. The Kier molecular flexibility index (Phi) is 8.84. The average Bonchev–Trinajstić information content (AvgIpc) is 2.46. The molecule has 3 amide bonds. The van der Waals surface area contributed by atoms with Crippen LogP contribution in [0.5, 0.6) is 0 Å². The van der Waals surface area contributed by atoms with Gasteiger partial charge in [0.15, 0.2) is 0 Å². The van der Waals surface area contributed by atoms with Crippen LogP contribution in [-0.4, -0.2) is 29.2 Å². The van der Waals surface area contributed by atoms with E-state index in [1.54, 1.807) is 6.92 Å². The first-order chi connectivity index (χ1) is 9.45. The summed E-state index contributed by atoms with van der Waals surface area (Å²) in [4.78, 5) is 35.4. The Bertz CT molecular complexity index is 334. The number of hydrogen-bond donors (Lipinski definition) is 1. The Morgan fingerprint density at radius 1 is 1.10 bits per heavy atom. The van der Waals surface area contributed by atoms with Gasteiger partial charge in [-0.3, -0.25) is 19.3 Å². The van der Waals surface area contributed by atoms with Crippen LogP contribution in [-0.2, 0) is 14.4 Å². The molecule has 0 spiro atoms. The molecule has 2 N–H and O–H groups in total. The van der Waals surface area contributed by atoms with Crippen molar-refractivity contribution in [2.75, 3.05) is 6.54 Å². The van der Waals surface area contributed by atoms with Crippen molar-refractivity contribution in [1.29, 1.82) is 0 Å². The molecule has 0 radical (unpaired) electrons. The van der Waals surface area contributed by atoms with Crippen LogP contribution in [0.3, 0.4) is 0 Å². The smallest absolute Gasteiger partial charge is 0.228 e. The quantitative estimate of drug-likeness (QED) is 0.858. The highest BCUT2D eigenvalue weighted by atomic mass is 16.2. The van der Waals surface area contributed by atoms with Gasteiger partial charge in [0.25, 0.3) is 0 Å². The highest BCUT2D eigenvalue weighted by molar-refractivity contribution is 5.94. The summed E-state index contributed by atoms with van der Waals surface area (Å²) in [7, 11) is 0. The van der Waals surface area contributed by atoms with E-state index in [9.17, 15) is 14.4 Å². The second-order valence-electron chi connectivity index (χ2n) is 5.00. The van der Waals surface area contributed by atoms with Crippen molar-refractivity contribution in [2.24, 2.45) is 17.6 Å². The maximum absolute atomic E-state index is 11.6. The summed E-state index contributed by atoms with van der Waals surface area (Å²) in [5.41, 5.74) is 5.27. The third-order valence-corrected chi connectivity index (χ3v) is 3.67. The van der Waals surface area contributed by atoms with Crippen LogP contribution in [0.4, 0.5) is 0 Å². The number of carbonyl (C=O) groups is 3. The van der Waals surface area contributed by atoms with E-state index >= 15 is 0 Å². The molecule has 1 aliphatic rings. The third kappa shape index (κ3) is 5.72. The molecule has 1 aliphatic carbocycles. The van der Waals surface area contributed by atoms with E-state index < -0.39 is 0 Å². The second kappa shape index (κ2) is 9.50. The molecular formula is C15H28N2O3. The summed E-state index contributed by atoms with van der Waals surface area (Å²) in [6.07, 6.45) is 3.59. The van der Waals surface area contributed by atoms with Gasteiger partial charge in [0.1, 0.15) is 0 Å². The molecule has 20 heavy (non-hydrogen) atoms. The Morgan fingerprint density at radius 2 is 1.60 bits per heavy atom. The van der Waals surface area contributed by atoms with E-state index in [1.807, 2.05) is 13.8 Å². The lowest BCUT2D eigenvalue weighted by Crippen LogP contribution is -2.40. The number of amides is 3. The van der Waals surface area contributed by atoms with E-state index in [4.69, 9.17) is 5.73 Å². The van der Waals surface area contributed by atoms with Gasteiger partial charge in [0, 0.05) is 25.8 Å². The number of primary amides is 1. The molecule has 0 unspecified atom stereocenters. The molecule has 0 aromatic rings. The van der Waals surface area contributed by atoms with Crippen LogP contribution in [0.15, 0.2) is 0 Å². The Labute approximate surface area is 121 Å². The topological polar surface area (TPSA) is 80.5 Å². The molecule has 0 atom stereocenters. The van der Waals surface area contributed by atoms with Crippen LogP contribution in [0, 0.1) is 11.8 Å². The van der Waals surface area contributed by atoms with Gasteiger partial charge >= 0.3 is 0 Å². The summed E-state index contributed by atoms with van der Waals surface area (Å²) in [6.45, 7) is 7.65. The molecule has 0 heterocycles. The molecule has 1 fully saturated rings. The number of carbonyl (C=O) groups excluding carboxylic acids is 3. The number of hydrogen-bond acceptors (Lipinski definition) is 3. The second-order valence-corrected chi connectivity index (χ2v) is 5.00. The molecule has 0 aliphatic heterocycles. The van der Waals surface area contributed by atoms with Crippen LogP contribution in [0.1, 0.15) is 59.8 Å². The fourth-order valence-corrected chi connectivity index (χ4v) is 2.48. The van der Waals surface area contributed by atoms with E-state index in [0.29, 0.717) is 18.9 Å². The fraction of sp³-hybridized carbons (Fsp3) is 0.800. The summed E-state index contributed by atoms with van der Waals surface area (Å²) >= 11 is 0. The molecule has 0 saturated heterocycles. The van der Waals surface area contributed by atoms with E-state index in [0.717, 1.165) is 25.7 Å². The summed E-state index contributed by atoms with van der Waals surface area (Å²) in [5, 5.41) is 0. The first-order valence-corrected chi connectivity index (χ1v) is 7.56. The van der Waals surface area contributed by atoms with Gasteiger partial charge in [-0.1, -0.05) is 20.8 Å². The van der Waals surface area contributed by atoms with Crippen molar-refractivity contribution in [3.8, 4) is 0 Å². The van der Waals surface area contributed by atoms with Crippen LogP contribution in [0.2, 0.25) is 0 Å². The summed E-state index contributed by atoms with van der Waals surface area (Å²) in [5.74, 6) is -0.284. The zero-order valence-electron chi connectivity index (χ0n) is 13.1. The van der Waals surface area contributed by atoms with E-state index in [2.05, 4.69) is 0 Å². The fourth-order valence-electron chi connectivity index (χ4n) is 2.48. The maximum atomic E-state index is 11.6. The molecular weight excluding hydrogens is 256 g/mol. The molecule has 5 heteroatoms. The number of nitrogens with two attached hydrogens (primary N) is 1. The zero-order chi connectivity index (χ0) is 15.7. The predicted octanol–water partition coefficient (Wildman–Crippen LogP) is 2.09. The van der Waals surface area contributed by atoms with Crippen LogP contribution >= 0.6 is 0 Å². The average molecular weight is 284 g/mol. The zero-order valence-corrected chi connectivity index (χ0v) is 13.1. The van der Waals surface area contributed by atoms with Crippen molar-refractivity contribution in [3.63, 3.8) is 0 Å². The largest absolute Gasteiger partial charge is 0.369 e. The highest BCUT2D eigenvalue weighted by Gasteiger charge is 2.28. The molecule has 0 aromatic carbocycles. The van der Waals surface area contributed by atoms with Gasteiger partial charge in [-0.2, -0.15) is 0 Å². The van der Waals surface area contributed by atoms with Gasteiger partial charge < -0.3 is 5.73 Å². The number of nitrogens with zero attached hydrogens (tertiary/aromatic N) is 1. The standard InChI is InChI=1S/C13H22N2O3.C2H6/c1-3-12(17)15(9(2)16)8-10-4-6-11(7-5-10)13(14)18;1-2/h10-11H,3-8H2,1-2H3,(H2,14,18);1-2H3. The van der Waals surface area contributed by atoms with E-state index in [1.165, 1.54) is 11.8 Å². The minimum Gasteiger partial charge on any atom is -0.369 e. The Balaban J connectivity index is 0.00000172. The van der Waals surface area contributed by atoms with Gasteiger partial charge in [0.05, 0.1) is 0 Å². The van der Waals surface area contributed by atoms with Crippen molar-refractivity contribution in [3.05, 3.63) is 0 Å². The molecule has 5 nitrogen and oxygen atoms in total. The lowest BCUT2D eigenvalue weighted by molar-refractivity contribution is -0.144. The monoisotopic (exact) mass is 284 g/mol. The minimum atomic E-state index is -0.235. The number of rotatable bonds is 4. The third-order valence-electron chi connectivity index (χ3n) is 3.67. The van der Waals surface area contributed by atoms with Gasteiger partial charge in [-0.05, 0) is 31.6 Å². The van der Waals surface area contributed by atoms with Crippen molar-refractivity contribution >= 4 is 17.7 Å². The Hall–Kier alpha value is -1.39. The predicted molar refractivity (Wildman–Crippen MR) is 78.7 cm³/mol. The van der Waals surface area contributed by atoms with Crippen molar-refractivity contribution in [1.82, 2.24) is 4.90 Å². The highest BCUT2D eigenvalue weighted by Crippen LogP contribution is 2.29. The first kappa shape index (κ1) is 18.6. The summed E-state index contributed by atoms with van der Waals surface area (Å²) in [6, 6.07) is 0. The van der Waals surface area contributed by atoms with Crippen molar-refractivity contribution < 1.29 is 14.4 Å². The first-order valence-electron chi connectivity index (χ1n) is 7.56. The molecule has 1 saturated carbocycles. The van der Waals surface area contributed by atoms with Crippen LogP contribution < -0.4 is 5.73 Å². The molecule has 116 valence electrons. The molecule has 0 aromatic heterocycles. The van der Waals surface area contributed by atoms with Gasteiger partial charge in [-0.15, -0.1) is 0 Å². The lowest BCUT2D eigenvalue weighted by atomic mass is 9.81. The van der Waals surface area contributed by atoms with Crippen molar-refractivity contribution in [2.45, 2.75) is 59.8 Å². The van der Waals surface area contributed by atoms with Gasteiger partial charge in [0.2, 0.25) is 17.7 Å². The van der Waals surface area contributed by atoms with Crippen LogP contribution in [0.25, 0.3) is 0 Å². The normalized spacial score (nSPS) is 21.4. The molecule has 1 rings (SSSR count). The summed E-state index contributed by atoms with van der Waals surface area (Å²) < 4.78 is 0. The van der Waals surface area contributed by atoms with E-state index in [-0.39, 0.29) is 23.6 Å². The molecule has 0 bridgehead atoms. The van der Waals surface area contributed by atoms with Gasteiger partial charge in [-0.25, -0.2) is 0 Å². The lowest BCUT2D eigenvalue weighted by Gasteiger charge is -2.30.